The molecular formula is C11H23N. The molecule has 0 radical (unpaired) electrons. The molecule has 72 valence electrons. The molecule has 0 aliphatic carbocycles. The molecule has 1 nitrogen and oxygen atoms in total. The quantitative estimate of drug-likeness (QED) is 0.574. The first-order valence-electron chi connectivity index (χ1n) is 4.47. The molecule has 0 spiro atoms. The summed E-state index contributed by atoms with van der Waals surface area (Å²) in [5.74, 6) is 0. The Morgan fingerprint density at radius 3 is 1.42 bits per heavy atom. The van der Waals surface area contributed by atoms with E-state index in [1.165, 1.54) is 5.57 Å². The van der Waals surface area contributed by atoms with Crippen molar-refractivity contribution in [2.45, 2.75) is 40.2 Å². The lowest BCUT2D eigenvalue weighted by Crippen LogP contribution is -2.43. The molecule has 0 rings (SSSR count). The Kier molecular flexibility index (Phi) is 3.13. The SMILES string of the molecule is C=C(C(C)(C)C)C(C)(C)N(C)C. The van der Waals surface area contributed by atoms with Gasteiger partial charge in [-0.15, -0.1) is 0 Å². The first kappa shape index (κ1) is 11.7. The van der Waals surface area contributed by atoms with Crippen molar-refractivity contribution >= 4 is 0 Å². The lowest BCUT2D eigenvalue weighted by atomic mass is 9.76. The molecule has 0 aromatic carbocycles. The highest BCUT2D eigenvalue weighted by atomic mass is 15.1. The minimum atomic E-state index is 0.0816. The van der Waals surface area contributed by atoms with Crippen LogP contribution in [0, 0.1) is 5.41 Å². The van der Waals surface area contributed by atoms with E-state index >= 15 is 0 Å². The van der Waals surface area contributed by atoms with Crippen LogP contribution in [0.4, 0.5) is 0 Å². The summed E-state index contributed by atoms with van der Waals surface area (Å²) < 4.78 is 0. The molecule has 0 aromatic rings. The predicted molar refractivity (Wildman–Crippen MR) is 56.4 cm³/mol. The van der Waals surface area contributed by atoms with E-state index in [1.54, 1.807) is 0 Å². The van der Waals surface area contributed by atoms with Crippen LogP contribution in [0.1, 0.15) is 34.6 Å². The highest BCUT2D eigenvalue weighted by Crippen LogP contribution is 2.34. The van der Waals surface area contributed by atoms with Crippen LogP contribution in [0.5, 0.6) is 0 Å². The van der Waals surface area contributed by atoms with Crippen LogP contribution in [-0.4, -0.2) is 24.5 Å². The molecule has 12 heavy (non-hydrogen) atoms. The molecule has 0 amide bonds. The predicted octanol–water partition coefficient (Wildman–Crippen LogP) is 2.93. The van der Waals surface area contributed by atoms with E-state index in [0.717, 1.165) is 0 Å². The van der Waals surface area contributed by atoms with E-state index < -0.39 is 0 Å². The fraction of sp³-hybridized carbons (Fsp3) is 0.818. The van der Waals surface area contributed by atoms with Gasteiger partial charge in [0.2, 0.25) is 0 Å². The van der Waals surface area contributed by atoms with Crippen molar-refractivity contribution in [3.05, 3.63) is 12.2 Å². The summed E-state index contributed by atoms with van der Waals surface area (Å²) in [6, 6.07) is 0. The van der Waals surface area contributed by atoms with Gasteiger partial charge in [0, 0.05) is 5.54 Å². The molecule has 0 atom stereocenters. The molecular weight excluding hydrogens is 146 g/mol. The minimum Gasteiger partial charge on any atom is -0.301 e. The summed E-state index contributed by atoms with van der Waals surface area (Å²) in [6.45, 7) is 15.2. The second kappa shape index (κ2) is 3.21. The molecule has 0 saturated heterocycles. The van der Waals surface area contributed by atoms with E-state index in [0.29, 0.717) is 0 Å². The number of rotatable bonds is 2. The smallest absolute Gasteiger partial charge is 0.0360 e. The van der Waals surface area contributed by atoms with Gasteiger partial charge in [0.15, 0.2) is 0 Å². The maximum Gasteiger partial charge on any atom is 0.0360 e. The van der Waals surface area contributed by atoms with Gasteiger partial charge in [-0.25, -0.2) is 0 Å². The van der Waals surface area contributed by atoms with Crippen LogP contribution in [0.25, 0.3) is 0 Å². The third-order valence-corrected chi connectivity index (χ3v) is 2.76. The largest absolute Gasteiger partial charge is 0.301 e. The third-order valence-electron chi connectivity index (χ3n) is 2.76. The summed E-state index contributed by atoms with van der Waals surface area (Å²) in [4.78, 5) is 2.21. The zero-order valence-electron chi connectivity index (χ0n) is 9.65. The monoisotopic (exact) mass is 169 g/mol. The molecule has 0 unspecified atom stereocenters. The van der Waals surface area contributed by atoms with E-state index in [4.69, 9.17) is 0 Å². The molecule has 0 aliphatic rings. The fourth-order valence-corrected chi connectivity index (χ4v) is 1.19. The highest BCUT2D eigenvalue weighted by Gasteiger charge is 2.31. The van der Waals surface area contributed by atoms with Crippen molar-refractivity contribution in [1.29, 1.82) is 0 Å². The summed E-state index contributed by atoms with van der Waals surface area (Å²) in [6.07, 6.45) is 0. The zero-order chi connectivity index (χ0) is 10.2. The topological polar surface area (TPSA) is 3.24 Å². The van der Waals surface area contributed by atoms with Crippen LogP contribution in [0.15, 0.2) is 12.2 Å². The summed E-state index contributed by atoms with van der Waals surface area (Å²) in [5, 5.41) is 0. The summed E-state index contributed by atoms with van der Waals surface area (Å²) in [7, 11) is 4.19. The maximum absolute atomic E-state index is 4.18. The van der Waals surface area contributed by atoms with Gasteiger partial charge in [-0.1, -0.05) is 32.9 Å². The van der Waals surface area contributed by atoms with Gasteiger partial charge >= 0.3 is 0 Å². The number of hydrogen-bond acceptors (Lipinski definition) is 1. The van der Waals surface area contributed by atoms with Gasteiger partial charge in [0.1, 0.15) is 0 Å². The van der Waals surface area contributed by atoms with Gasteiger partial charge in [-0.3, -0.25) is 0 Å². The Labute approximate surface area is 77.5 Å². The Balaban J connectivity index is 4.70. The molecule has 1 heteroatoms. The zero-order valence-corrected chi connectivity index (χ0v) is 9.65. The average Bonchev–Trinajstić information content (AvgIpc) is 1.83. The van der Waals surface area contributed by atoms with Gasteiger partial charge in [-0.05, 0) is 33.4 Å². The van der Waals surface area contributed by atoms with E-state index in [2.05, 4.69) is 60.2 Å². The Morgan fingerprint density at radius 1 is 1.00 bits per heavy atom. The van der Waals surface area contributed by atoms with Crippen molar-refractivity contribution in [2.75, 3.05) is 14.1 Å². The Bertz CT molecular complexity index is 170. The van der Waals surface area contributed by atoms with Gasteiger partial charge in [0.05, 0.1) is 0 Å². The highest BCUT2D eigenvalue weighted by molar-refractivity contribution is 5.19. The van der Waals surface area contributed by atoms with Crippen molar-refractivity contribution in [3.63, 3.8) is 0 Å². The van der Waals surface area contributed by atoms with Crippen molar-refractivity contribution < 1.29 is 0 Å². The first-order valence-corrected chi connectivity index (χ1v) is 4.47. The van der Waals surface area contributed by atoms with Gasteiger partial charge in [0.25, 0.3) is 0 Å². The van der Waals surface area contributed by atoms with Crippen LogP contribution in [0.3, 0.4) is 0 Å². The van der Waals surface area contributed by atoms with Crippen molar-refractivity contribution in [1.82, 2.24) is 4.90 Å². The molecule has 0 fully saturated rings. The van der Waals surface area contributed by atoms with E-state index in [9.17, 15) is 0 Å². The van der Waals surface area contributed by atoms with Crippen LogP contribution < -0.4 is 0 Å². The maximum atomic E-state index is 4.18. The lowest BCUT2D eigenvalue weighted by molar-refractivity contribution is 0.205. The number of likely N-dealkylation sites (N-methyl/N-ethyl adjacent to an activating group) is 1. The first-order chi connectivity index (χ1) is 5.10. The van der Waals surface area contributed by atoms with E-state index in [-0.39, 0.29) is 11.0 Å². The average molecular weight is 169 g/mol. The molecule has 0 aromatic heterocycles. The van der Waals surface area contributed by atoms with Gasteiger partial charge < -0.3 is 4.90 Å². The minimum absolute atomic E-state index is 0.0816. The Morgan fingerprint density at radius 2 is 1.33 bits per heavy atom. The standard InChI is InChI=1S/C11H23N/c1-9(10(2,3)4)11(5,6)12(7)8/h1H2,2-8H3. The molecule has 0 heterocycles. The molecule has 0 aliphatic heterocycles. The van der Waals surface area contributed by atoms with Crippen LogP contribution in [0.2, 0.25) is 0 Å². The van der Waals surface area contributed by atoms with Crippen LogP contribution >= 0.6 is 0 Å². The van der Waals surface area contributed by atoms with Crippen molar-refractivity contribution in [3.8, 4) is 0 Å². The van der Waals surface area contributed by atoms with Crippen molar-refractivity contribution in [2.24, 2.45) is 5.41 Å². The molecule has 0 bridgehead atoms. The molecule has 0 saturated carbocycles. The number of nitrogens with zero attached hydrogens (tertiary/aromatic N) is 1. The third kappa shape index (κ3) is 2.34. The second-order valence-electron chi connectivity index (χ2n) is 5.18. The summed E-state index contributed by atoms with van der Waals surface area (Å²) in [5.41, 5.74) is 1.55. The van der Waals surface area contributed by atoms with Crippen LogP contribution in [-0.2, 0) is 0 Å². The molecule has 0 N–H and O–H groups in total. The van der Waals surface area contributed by atoms with E-state index in [1.807, 2.05) is 0 Å². The lowest BCUT2D eigenvalue weighted by Gasteiger charge is -2.40. The second-order valence-corrected chi connectivity index (χ2v) is 5.18. The normalized spacial score (nSPS) is 13.7. The summed E-state index contributed by atoms with van der Waals surface area (Å²) >= 11 is 0. The fourth-order valence-electron chi connectivity index (χ4n) is 1.19. The number of hydrogen-bond donors (Lipinski definition) is 0. The Hall–Kier alpha value is -0.300. The van der Waals surface area contributed by atoms with Gasteiger partial charge in [-0.2, -0.15) is 0 Å².